The average Bonchev–Trinajstić information content (AvgIpc) is 2.66. The molecule has 1 heterocycles. The Hall–Kier alpha value is -2.63. The van der Waals surface area contributed by atoms with Gasteiger partial charge in [-0.3, -0.25) is 9.59 Å². The van der Waals surface area contributed by atoms with E-state index in [-0.39, 0.29) is 17.9 Å². The van der Waals surface area contributed by atoms with Crippen molar-refractivity contribution < 1.29 is 4.79 Å². The number of nitrogens with one attached hydrogen (secondary N) is 1. The summed E-state index contributed by atoms with van der Waals surface area (Å²) >= 11 is 11.9. The van der Waals surface area contributed by atoms with Gasteiger partial charge in [0, 0.05) is 29.6 Å². The van der Waals surface area contributed by atoms with Gasteiger partial charge in [0.15, 0.2) is 0 Å². The summed E-state index contributed by atoms with van der Waals surface area (Å²) in [6.45, 7) is 0.348. The van der Waals surface area contributed by atoms with Gasteiger partial charge in [-0.25, -0.2) is 4.68 Å². The van der Waals surface area contributed by atoms with E-state index in [9.17, 15) is 9.59 Å². The number of hydrogen-bond acceptors (Lipinski definition) is 3. The van der Waals surface area contributed by atoms with Gasteiger partial charge in [0.05, 0.1) is 16.4 Å². The molecule has 0 radical (unpaired) electrons. The van der Waals surface area contributed by atoms with E-state index in [2.05, 4.69) is 10.4 Å². The Morgan fingerprint density at radius 1 is 1.04 bits per heavy atom. The molecule has 3 aromatic rings. The molecule has 0 atom stereocenters. The van der Waals surface area contributed by atoms with Crippen molar-refractivity contribution in [1.82, 2.24) is 9.78 Å². The number of rotatable bonds is 6. The Bertz CT molecular complexity index is 1000. The molecule has 0 aliphatic heterocycles. The van der Waals surface area contributed by atoms with Crippen LogP contribution in [0.15, 0.2) is 65.5 Å². The highest BCUT2D eigenvalue weighted by atomic mass is 35.5. The van der Waals surface area contributed by atoms with Crippen molar-refractivity contribution in [3.63, 3.8) is 0 Å². The molecule has 138 valence electrons. The van der Waals surface area contributed by atoms with Gasteiger partial charge in [0.1, 0.15) is 0 Å². The first-order valence-electron chi connectivity index (χ1n) is 8.41. The van der Waals surface area contributed by atoms with Crippen LogP contribution in [-0.2, 0) is 11.3 Å². The van der Waals surface area contributed by atoms with Gasteiger partial charge in [-0.15, -0.1) is 0 Å². The number of aryl methyl sites for hydroxylation is 1. The lowest BCUT2D eigenvalue weighted by atomic mass is 10.1. The van der Waals surface area contributed by atoms with E-state index in [0.717, 1.165) is 5.56 Å². The highest BCUT2D eigenvalue weighted by Gasteiger charge is 2.08. The lowest BCUT2D eigenvalue weighted by molar-refractivity contribution is -0.116. The smallest absolute Gasteiger partial charge is 0.266 e. The van der Waals surface area contributed by atoms with E-state index in [0.29, 0.717) is 34.4 Å². The molecule has 0 saturated heterocycles. The summed E-state index contributed by atoms with van der Waals surface area (Å²) in [5.74, 6) is -0.188. The summed E-state index contributed by atoms with van der Waals surface area (Å²) < 4.78 is 1.38. The summed E-state index contributed by atoms with van der Waals surface area (Å²) in [6.07, 6.45) is 0.713. The van der Waals surface area contributed by atoms with E-state index < -0.39 is 0 Å². The van der Waals surface area contributed by atoms with Crippen molar-refractivity contribution in [3.05, 3.63) is 81.1 Å². The Balaban J connectivity index is 1.60. The van der Waals surface area contributed by atoms with E-state index in [1.165, 1.54) is 10.7 Å². The third kappa shape index (κ3) is 5.18. The number of nitrogens with zero attached hydrogens (tertiary/aromatic N) is 2. The minimum Gasteiger partial charge on any atom is -0.325 e. The van der Waals surface area contributed by atoms with Crippen molar-refractivity contribution in [2.45, 2.75) is 19.4 Å². The van der Waals surface area contributed by atoms with E-state index in [4.69, 9.17) is 23.2 Å². The maximum absolute atomic E-state index is 12.1. The standard InChI is InChI=1S/C20H17Cl2N3O2/c21-15-8-9-18(16(22)13-15)23-19(26)7-4-12-25-20(27)11-10-17(24-25)14-5-2-1-3-6-14/h1-3,5-6,8-11,13H,4,7,12H2,(H,23,26). The number of benzene rings is 2. The molecule has 0 unspecified atom stereocenters. The fourth-order valence-corrected chi connectivity index (χ4v) is 3.02. The molecule has 0 fully saturated rings. The first-order valence-corrected chi connectivity index (χ1v) is 9.17. The van der Waals surface area contributed by atoms with Crippen molar-refractivity contribution in [3.8, 4) is 11.3 Å². The molecular formula is C20H17Cl2N3O2. The average molecular weight is 402 g/mol. The Morgan fingerprint density at radius 2 is 1.81 bits per heavy atom. The van der Waals surface area contributed by atoms with Crippen LogP contribution < -0.4 is 10.9 Å². The van der Waals surface area contributed by atoms with Crippen LogP contribution in [-0.4, -0.2) is 15.7 Å². The van der Waals surface area contributed by atoms with Gasteiger partial charge in [0.2, 0.25) is 5.91 Å². The number of halogens is 2. The van der Waals surface area contributed by atoms with Gasteiger partial charge in [-0.05, 0) is 30.7 Å². The number of anilines is 1. The second-order valence-electron chi connectivity index (χ2n) is 5.92. The zero-order valence-electron chi connectivity index (χ0n) is 14.4. The van der Waals surface area contributed by atoms with E-state index in [1.807, 2.05) is 30.3 Å². The molecule has 2 aromatic carbocycles. The minimum atomic E-state index is -0.198. The Labute approximate surface area is 166 Å². The summed E-state index contributed by atoms with van der Waals surface area (Å²) in [5.41, 5.74) is 1.96. The van der Waals surface area contributed by atoms with Gasteiger partial charge in [-0.1, -0.05) is 53.5 Å². The predicted molar refractivity (Wildman–Crippen MR) is 108 cm³/mol. The highest BCUT2D eigenvalue weighted by molar-refractivity contribution is 6.36. The second kappa shape index (κ2) is 8.84. The van der Waals surface area contributed by atoms with Crippen LogP contribution in [0, 0.1) is 0 Å². The van der Waals surface area contributed by atoms with Crippen LogP contribution in [0.5, 0.6) is 0 Å². The fourth-order valence-electron chi connectivity index (χ4n) is 2.56. The second-order valence-corrected chi connectivity index (χ2v) is 6.77. The SMILES string of the molecule is O=C(CCCn1nc(-c2ccccc2)ccc1=O)Nc1ccc(Cl)cc1Cl. The molecule has 1 amide bonds. The number of aromatic nitrogens is 2. The molecule has 0 saturated carbocycles. The lowest BCUT2D eigenvalue weighted by Crippen LogP contribution is -2.23. The van der Waals surface area contributed by atoms with Crippen LogP contribution in [0.2, 0.25) is 10.0 Å². The summed E-state index contributed by atoms with van der Waals surface area (Å²) in [5, 5.41) is 8.00. The first-order chi connectivity index (χ1) is 13.0. The molecule has 0 aliphatic rings. The largest absolute Gasteiger partial charge is 0.325 e. The molecule has 1 aromatic heterocycles. The van der Waals surface area contributed by atoms with Crippen molar-refractivity contribution in [2.24, 2.45) is 0 Å². The normalized spacial score (nSPS) is 10.6. The molecule has 7 heteroatoms. The molecule has 27 heavy (non-hydrogen) atoms. The monoisotopic (exact) mass is 401 g/mol. The number of hydrogen-bond donors (Lipinski definition) is 1. The summed E-state index contributed by atoms with van der Waals surface area (Å²) in [6, 6.07) is 17.7. The Kier molecular flexibility index (Phi) is 6.27. The van der Waals surface area contributed by atoms with Gasteiger partial charge >= 0.3 is 0 Å². The van der Waals surface area contributed by atoms with Crippen LogP contribution >= 0.6 is 23.2 Å². The van der Waals surface area contributed by atoms with Gasteiger partial charge in [-0.2, -0.15) is 5.10 Å². The van der Waals surface area contributed by atoms with Gasteiger partial charge < -0.3 is 5.32 Å². The van der Waals surface area contributed by atoms with Gasteiger partial charge in [0.25, 0.3) is 5.56 Å². The zero-order chi connectivity index (χ0) is 19.2. The van der Waals surface area contributed by atoms with Crippen LogP contribution in [0.25, 0.3) is 11.3 Å². The van der Waals surface area contributed by atoms with Crippen LogP contribution in [0.4, 0.5) is 5.69 Å². The first kappa shape index (κ1) is 19.1. The molecule has 0 bridgehead atoms. The molecule has 5 nitrogen and oxygen atoms in total. The number of amides is 1. The molecule has 0 aliphatic carbocycles. The molecule has 0 spiro atoms. The zero-order valence-corrected chi connectivity index (χ0v) is 15.9. The maximum atomic E-state index is 12.1. The minimum absolute atomic E-state index is 0.188. The highest BCUT2D eigenvalue weighted by Crippen LogP contribution is 2.25. The van der Waals surface area contributed by atoms with Crippen molar-refractivity contribution >= 4 is 34.8 Å². The third-order valence-electron chi connectivity index (χ3n) is 3.92. The van der Waals surface area contributed by atoms with Crippen LogP contribution in [0.3, 0.4) is 0 Å². The third-order valence-corrected chi connectivity index (χ3v) is 4.46. The lowest BCUT2D eigenvalue weighted by Gasteiger charge is -2.09. The maximum Gasteiger partial charge on any atom is 0.266 e. The number of carbonyl (C=O) groups excluding carboxylic acids is 1. The van der Waals surface area contributed by atoms with Crippen molar-refractivity contribution in [1.29, 1.82) is 0 Å². The molecule has 1 N–H and O–H groups in total. The quantitative estimate of drug-likeness (QED) is 0.654. The topological polar surface area (TPSA) is 64.0 Å². The predicted octanol–water partition coefficient (Wildman–Crippen LogP) is 4.64. The van der Waals surface area contributed by atoms with E-state index in [1.54, 1.807) is 24.3 Å². The van der Waals surface area contributed by atoms with Crippen molar-refractivity contribution in [2.75, 3.05) is 5.32 Å². The fraction of sp³-hybridized carbons (Fsp3) is 0.150. The number of carbonyl (C=O) groups is 1. The van der Waals surface area contributed by atoms with Crippen LogP contribution in [0.1, 0.15) is 12.8 Å². The van der Waals surface area contributed by atoms with E-state index >= 15 is 0 Å². The molecular weight excluding hydrogens is 385 g/mol. The Morgan fingerprint density at radius 3 is 2.56 bits per heavy atom. The molecule has 3 rings (SSSR count). The summed E-state index contributed by atoms with van der Waals surface area (Å²) in [7, 11) is 0. The summed E-state index contributed by atoms with van der Waals surface area (Å²) in [4.78, 5) is 24.1.